The van der Waals surface area contributed by atoms with Crippen LogP contribution in [0, 0.1) is 5.82 Å². The van der Waals surface area contributed by atoms with Gasteiger partial charge in [0.1, 0.15) is 10.8 Å². The van der Waals surface area contributed by atoms with Crippen LogP contribution in [0.1, 0.15) is 20.4 Å². The highest BCUT2D eigenvalue weighted by molar-refractivity contribution is 7.98. The van der Waals surface area contributed by atoms with E-state index >= 15 is 0 Å². The molecule has 12 heteroatoms. The van der Waals surface area contributed by atoms with Gasteiger partial charge in [-0.1, -0.05) is 58.4 Å². The van der Waals surface area contributed by atoms with Crippen LogP contribution in [0.3, 0.4) is 0 Å². The molecular weight excluding hydrogens is 458 g/mol. The van der Waals surface area contributed by atoms with Crippen molar-refractivity contribution in [3.8, 4) is 0 Å². The smallest absolute Gasteiger partial charge is 0.282 e. The first-order valence-electron chi connectivity index (χ1n) is 8.17. The lowest BCUT2D eigenvalue weighted by Gasteiger charge is -2.02. The Hall–Kier alpha value is -2.27. The molecule has 0 aliphatic rings. The van der Waals surface area contributed by atoms with E-state index in [1.165, 1.54) is 35.2 Å². The van der Waals surface area contributed by atoms with Gasteiger partial charge in [-0.25, -0.2) is 4.39 Å². The molecule has 1 N–H and O–H groups in total. The van der Waals surface area contributed by atoms with Gasteiger partial charge in [0.25, 0.3) is 5.91 Å². The van der Waals surface area contributed by atoms with Gasteiger partial charge in [-0.2, -0.15) is 0 Å². The number of amides is 1. The van der Waals surface area contributed by atoms with Crippen molar-refractivity contribution in [3.05, 3.63) is 68.0 Å². The number of aromatic nitrogens is 5. The van der Waals surface area contributed by atoms with Crippen molar-refractivity contribution in [2.24, 2.45) is 0 Å². The van der Waals surface area contributed by atoms with Gasteiger partial charge in [-0.3, -0.25) is 9.20 Å². The summed E-state index contributed by atoms with van der Waals surface area (Å²) in [4.78, 5) is 12.2. The zero-order valence-corrected chi connectivity index (χ0v) is 17.6. The molecule has 4 aromatic rings. The van der Waals surface area contributed by atoms with Crippen molar-refractivity contribution >= 4 is 57.9 Å². The number of halogens is 3. The molecule has 0 aliphatic heterocycles. The summed E-state index contributed by atoms with van der Waals surface area (Å²) in [7, 11) is 0. The van der Waals surface area contributed by atoms with E-state index < -0.39 is 0 Å². The van der Waals surface area contributed by atoms with Gasteiger partial charge < -0.3 is 5.32 Å². The van der Waals surface area contributed by atoms with Gasteiger partial charge in [0, 0.05) is 12.7 Å². The number of hydrogen-bond acceptors (Lipinski definition) is 7. The Morgan fingerprint density at radius 3 is 2.76 bits per heavy atom. The molecule has 0 bridgehead atoms. The van der Waals surface area contributed by atoms with E-state index in [1.807, 2.05) is 0 Å². The number of nitrogens with zero attached hydrogens (tertiary/aromatic N) is 5. The largest absolute Gasteiger partial charge is 0.346 e. The first-order chi connectivity index (χ1) is 14.0. The van der Waals surface area contributed by atoms with Crippen molar-refractivity contribution in [1.29, 1.82) is 0 Å². The maximum absolute atomic E-state index is 12.9. The van der Waals surface area contributed by atoms with E-state index in [1.54, 1.807) is 28.8 Å². The van der Waals surface area contributed by atoms with Crippen molar-refractivity contribution < 1.29 is 9.18 Å². The SMILES string of the molecule is O=C(NCc1ccc(F)cc1)c1nnc(CSc2nnc3c(Cl)cc(Cl)cn23)s1. The maximum atomic E-state index is 12.9. The monoisotopic (exact) mass is 468 g/mol. The lowest BCUT2D eigenvalue weighted by atomic mass is 10.2. The topological polar surface area (TPSA) is 85.1 Å². The summed E-state index contributed by atoms with van der Waals surface area (Å²) in [6, 6.07) is 7.51. The summed E-state index contributed by atoms with van der Waals surface area (Å²) in [5.41, 5.74) is 1.30. The molecule has 0 spiro atoms. The second-order valence-electron chi connectivity index (χ2n) is 5.78. The van der Waals surface area contributed by atoms with Crippen molar-refractivity contribution in [2.75, 3.05) is 0 Å². The van der Waals surface area contributed by atoms with Gasteiger partial charge in [0.2, 0.25) is 5.01 Å². The number of thioether (sulfide) groups is 1. The van der Waals surface area contributed by atoms with Gasteiger partial charge in [0.15, 0.2) is 10.8 Å². The van der Waals surface area contributed by atoms with Gasteiger partial charge in [-0.15, -0.1) is 20.4 Å². The van der Waals surface area contributed by atoms with Crippen LogP contribution >= 0.6 is 46.3 Å². The Bertz CT molecular complexity index is 1180. The van der Waals surface area contributed by atoms with Gasteiger partial charge >= 0.3 is 0 Å². The van der Waals surface area contributed by atoms with Gasteiger partial charge in [0.05, 0.1) is 15.8 Å². The van der Waals surface area contributed by atoms with Crippen LogP contribution in [0.5, 0.6) is 0 Å². The molecule has 0 fully saturated rings. The van der Waals surface area contributed by atoms with E-state index in [0.717, 1.165) is 5.56 Å². The molecular formula is C17H11Cl2FN6OS2. The summed E-state index contributed by atoms with van der Waals surface area (Å²) in [6.45, 7) is 0.274. The zero-order valence-electron chi connectivity index (χ0n) is 14.5. The minimum Gasteiger partial charge on any atom is -0.346 e. The fourth-order valence-corrected chi connectivity index (χ4v) is 4.55. The van der Waals surface area contributed by atoms with E-state index in [9.17, 15) is 9.18 Å². The number of fused-ring (bicyclic) bond motifs is 1. The lowest BCUT2D eigenvalue weighted by molar-refractivity contribution is 0.0950. The van der Waals surface area contributed by atoms with Crippen LogP contribution in [0.25, 0.3) is 5.65 Å². The molecule has 3 aromatic heterocycles. The van der Waals surface area contributed by atoms with Crippen molar-refractivity contribution in [1.82, 2.24) is 30.1 Å². The number of rotatable bonds is 6. The van der Waals surface area contributed by atoms with E-state index in [-0.39, 0.29) is 23.3 Å². The quantitative estimate of drug-likeness (QED) is 0.425. The average Bonchev–Trinajstić information content (AvgIpc) is 3.33. The first kappa shape index (κ1) is 20.0. The Balaban J connectivity index is 1.38. The average molecular weight is 469 g/mol. The molecule has 4 rings (SSSR count). The predicted molar refractivity (Wildman–Crippen MR) is 110 cm³/mol. The Morgan fingerprint density at radius 2 is 1.97 bits per heavy atom. The molecule has 0 aliphatic carbocycles. The molecule has 0 saturated heterocycles. The third-order valence-corrected chi connectivity index (χ3v) is 6.29. The zero-order chi connectivity index (χ0) is 20.4. The summed E-state index contributed by atoms with van der Waals surface area (Å²) in [5, 5.41) is 21.3. The standard InChI is InChI=1S/C17H11Cl2FN6OS2/c18-10-5-12(19)14-23-25-17(26(14)7-10)28-8-13-22-24-16(29-13)15(27)21-6-9-1-3-11(20)4-2-9/h1-5,7H,6,8H2,(H,21,27). The molecule has 0 radical (unpaired) electrons. The van der Waals surface area contributed by atoms with Crippen LogP contribution in [0.15, 0.2) is 41.7 Å². The lowest BCUT2D eigenvalue weighted by Crippen LogP contribution is -2.22. The summed E-state index contributed by atoms with van der Waals surface area (Å²) >= 11 is 14.7. The Morgan fingerprint density at radius 1 is 1.17 bits per heavy atom. The number of nitrogens with one attached hydrogen (secondary N) is 1. The third-order valence-electron chi connectivity index (χ3n) is 3.75. The third kappa shape index (κ3) is 4.67. The van der Waals surface area contributed by atoms with E-state index in [4.69, 9.17) is 23.2 Å². The number of carbonyl (C=O) groups excluding carboxylic acids is 1. The number of carbonyl (C=O) groups is 1. The highest BCUT2D eigenvalue weighted by atomic mass is 35.5. The molecule has 0 unspecified atom stereocenters. The minimum atomic E-state index is -0.338. The molecule has 0 atom stereocenters. The molecule has 0 saturated carbocycles. The van der Waals surface area contributed by atoms with E-state index in [2.05, 4.69) is 25.7 Å². The van der Waals surface area contributed by atoms with Crippen LogP contribution in [-0.2, 0) is 12.3 Å². The maximum Gasteiger partial charge on any atom is 0.282 e. The predicted octanol–water partition coefficient (Wildman–Crippen LogP) is 4.25. The summed E-state index contributed by atoms with van der Waals surface area (Å²) < 4.78 is 14.6. The Kier molecular flexibility index (Phi) is 5.95. The number of hydrogen-bond donors (Lipinski definition) is 1. The number of pyridine rings is 1. The molecule has 3 heterocycles. The summed E-state index contributed by atoms with van der Waals surface area (Å²) in [6.07, 6.45) is 1.68. The highest BCUT2D eigenvalue weighted by Gasteiger charge is 2.15. The van der Waals surface area contributed by atoms with Crippen LogP contribution in [0.2, 0.25) is 10.0 Å². The van der Waals surface area contributed by atoms with Crippen LogP contribution < -0.4 is 5.32 Å². The molecule has 148 valence electrons. The first-order valence-corrected chi connectivity index (χ1v) is 10.7. The van der Waals surface area contributed by atoms with E-state index in [0.29, 0.717) is 31.6 Å². The number of benzene rings is 1. The molecule has 1 amide bonds. The minimum absolute atomic E-state index is 0.250. The second kappa shape index (κ2) is 8.62. The highest BCUT2D eigenvalue weighted by Crippen LogP contribution is 2.27. The van der Waals surface area contributed by atoms with Crippen molar-refractivity contribution in [2.45, 2.75) is 17.5 Å². The summed E-state index contributed by atoms with van der Waals surface area (Å²) in [5.74, 6) is -0.209. The van der Waals surface area contributed by atoms with Crippen LogP contribution in [0.4, 0.5) is 4.39 Å². The van der Waals surface area contributed by atoms with Gasteiger partial charge in [-0.05, 0) is 23.8 Å². The molecule has 29 heavy (non-hydrogen) atoms. The normalized spacial score (nSPS) is 11.1. The van der Waals surface area contributed by atoms with Crippen LogP contribution in [-0.4, -0.2) is 30.7 Å². The fourth-order valence-electron chi connectivity index (χ4n) is 2.39. The molecule has 7 nitrogen and oxygen atoms in total. The Labute approximate surface area is 182 Å². The second-order valence-corrected chi connectivity index (χ2v) is 8.63. The molecule has 1 aromatic carbocycles. The fraction of sp³-hybridized carbons (Fsp3) is 0.118. The van der Waals surface area contributed by atoms with Crippen molar-refractivity contribution in [3.63, 3.8) is 0 Å².